The number of benzene rings is 2. The van der Waals surface area contributed by atoms with Gasteiger partial charge in [0.2, 0.25) is 0 Å². The molecule has 4 rings (SSSR count). The van der Waals surface area contributed by atoms with Crippen LogP contribution in [0.25, 0.3) is 11.0 Å². The summed E-state index contributed by atoms with van der Waals surface area (Å²) in [5.41, 5.74) is 4.83. The highest BCUT2D eigenvalue weighted by Gasteiger charge is 2.31. The summed E-state index contributed by atoms with van der Waals surface area (Å²) < 4.78 is 5.35. The van der Waals surface area contributed by atoms with Crippen LogP contribution in [-0.4, -0.2) is 40.0 Å². The lowest BCUT2D eigenvalue weighted by Crippen LogP contribution is -2.34. The Balaban J connectivity index is 1.72. The molecule has 1 unspecified atom stereocenters. The Kier molecular flexibility index (Phi) is 4.68. The predicted molar refractivity (Wildman–Crippen MR) is 110 cm³/mol. The summed E-state index contributed by atoms with van der Waals surface area (Å²) in [7, 11) is 3.47. The second kappa shape index (κ2) is 7.28. The monoisotopic (exact) mass is 377 g/mol. The fourth-order valence-electron chi connectivity index (χ4n) is 3.24. The minimum Gasteiger partial charge on any atom is -0.497 e. The Hall–Kier alpha value is -3.06. The zero-order valence-corrected chi connectivity index (χ0v) is 15.9. The summed E-state index contributed by atoms with van der Waals surface area (Å²) in [4.78, 5) is 8.76. The number of nitrogens with zero attached hydrogens (tertiary/aromatic N) is 4. The number of nitrogens with one attached hydrogen (secondary N) is 1. The Labute approximate surface area is 162 Å². The zero-order chi connectivity index (χ0) is 18.8. The summed E-state index contributed by atoms with van der Waals surface area (Å²) in [5, 5.41) is 10.3. The lowest BCUT2D eigenvalue weighted by Gasteiger charge is -2.23. The van der Waals surface area contributed by atoms with Crippen molar-refractivity contribution < 1.29 is 4.74 Å². The minimum absolute atomic E-state index is 0.00226. The average molecular weight is 377 g/mol. The van der Waals surface area contributed by atoms with Crippen molar-refractivity contribution in [2.24, 2.45) is 5.10 Å². The molecule has 0 bridgehead atoms. The molecule has 2 heterocycles. The number of ether oxygens (including phenoxy) is 1. The molecule has 27 heavy (non-hydrogen) atoms. The van der Waals surface area contributed by atoms with Crippen LogP contribution >= 0.6 is 12.2 Å². The van der Waals surface area contributed by atoms with Crippen molar-refractivity contribution in [3.05, 3.63) is 66.0 Å². The first-order valence-corrected chi connectivity index (χ1v) is 9.04. The Morgan fingerprint density at radius 3 is 2.74 bits per heavy atom. The van der Waals surface area contributed by atoms with Crippen LogP contribution in [0.15, 0.2) is 60.0 Å². The number of thiocarbonyl (C=S) groups is 1. The second-order valence-electron chi connectivity index (χ2n) is 6.20. The molecule has 0 spiro atoms. The van der Waals surface area contributed by atoms with E-state index in [4.69, 9.17) is 22.1 Å². The summed E-state index contributed by atoms with van der Waals surface area (Å²) in [6.45, 7) is 0. The first-order chi connectivity index (χ1) is 13.2. The standard InChI is InChI=1S/C20H19N5OS/c1-21-20(27)25-19(14-6-7-16-18(11-14)23-9-8-22-16)12-17(24-25)13-4-3-5-15(10-13)26-2/h3-11,19H,12H2,1-2H3,(H,21,27). The molecular formula is C20H19N5OS. The Bertz CT molecular complexity index is 1040. The number of fused-ring (bicyclic) bond motifs is 1. The molecule has 2 aromatic carbocycles. The van der Waals surface area contributed by atoms with Gasteiger partial charge in [-0.1, -0.05) is 18.2 Å². The summed E-state index contributed by atoms with van der Waals surface area (Å²) in [6, 6.07) is 14.0. The van der Waals surface area contributed by atoms with E-state index in [1.54, 1.807) is 19.5 Å². The molecule has 0 radical (unpaired) electrons. The number of hydrogen-bond acceptors (Lipinski definition) is 5. The molecule has 7 heteroatoms. The maximum Gasteiger partial charge on any atom is 0.189 e. The van der Waals surface area contributed by atoms with E-state index >= 15 is 0 Å². The SMILES string of the molecule is CNC(=S)N1N=C(c2cccc(OC)c2)CC1c1ccc2nccnc2c1. The fraction of sp³-hybridized carbons (Fsp3) is 0.200. The van der Waals surface area contributed by atoms with Gasteiger partial charge in [-0.25, -0.2) is 5.01 Å². The minimum atomic E-state index is -0.00226. The molecule has 0 saturated carbocycles. The van der Waals surface area contributed by atoms with Crippen LogP contribution < -0.4 is 10.1 Å². The average Bonchev–Trinajstić information content (AvgIpc) is 3.18. The van der Waals surface area contributed by atoms with Crippen molar-refractivity contribution in [2.75, 3.05) is 14.2 Å². The third-order valence-corrected chi connectivity index (χ3v) is 5.00. The molecule has 0 fully saturated rings. The molecule has 0 saturated heterocycles. The molecule has 1 atom stereocenters. The predicted octanol–water partition coefficient (Wildman–Crippen LogP) is 3.29. The molecule has 1 aromatic heterocycles. The van der Waals surface area contributed by atoms with E-state index in [0.29, 0.717) is 5.11 Å². The highest BCUT2D eigenvalue weighted by atomic mass is 32.1. The van der Waals surface area contributed by atoms with Gasteiger partial charge < -0.3 is 10.1 Å². The molecule has 0 amide bonds. The first kappa shape index (κ1) is 17.4. The van der Waals surface area contributed by atoms with E-state index in [2.05, 4.69) is 27.4 Å². The molecule has 1 N–H and O–H groups in total. The van der Waals surface area contributed by atoms with Crippen LogP contribution in [0.4, 0.5) is 0 Å². The molecule has 3 aromatic rings. The van der Waals surface area contributed by atoms with Gasteiger partial charge in [0.1, 0.15) is 5.75 Å². The third-order valence-electron chi connectivity index (χ3n) is 4.61. The number of aromatic nitrogens is 2. The third kappa shape index (κ3) is 3.33. The van der Waals surface area contributed by atoms with Crippen molar-refractivity contribution >= 4 is 34.1 Å². The number of rotatable bonds is 3. The highest BCUT2D eigenvalue weighted by Crippen LogP contribution is 2.34. The van der Waals surface area contributed by atoms with Crippen LogP contribution in [-0.2, 0) is 0 Å². The zero-order valence-electron chi connectivity index (χ0n) is 15.1. The highest BCUT2D eigenvalue weighted by molar-refractivity contribution is 7.80. The lowest BCUT2D eigenvalue weighted by atomic mass is 9.98. The second-order valence-corrected chi connectivity index (χ2v) is 6.59. The van der Waals surface area contributed by atoms with Crippen LogP contribution in [0.2, 0.25) is 0 Å². The molecule has 6 nitrogen and oxygen atoms in total. The molecule has 1 aliphatic rings. The smallest absolute Gasteiger partial charge is 0.189 e. The van der Waals surface area contributed by atoms with Crippen LogP contribution in [0.3, 0.4) is 0 Å². The van der Waals surface area contributed by atoms with E-state index < -0.39 is 0 Å². The summed E-state index contributed by atoms with van der Waals surface area (Å²) in [5.74, 6) is 0.808. The molecule has 136 valence electrons. The van der Waals surface area contributed by atoms with E-state index in [-0.39, 0.29) is 6.04 Å². The topological polar surface area (TPSA) is 62.6 Å². The van der Waals surface area contributed by atoms with Crippen molar-refractivity contribution in [2.45, 2.75) is 12.5 Å². The van der Waals surface area contributed by atoms with E-state index in [1.165, 1.54) is 0 Å². The number of hydrogen-bond donors (Lipinski definition) is 1. The Morgan fingerprint density at radius 2 is 1.96 bits per heavy atom. The normalized spacial score (nSPS) is 16.3. The number of hydrazone groups is 1. The van der Waals surface area contributed by atoms with E-state index in [9.17, 15) is 0 Å². The quantitative estimate of drug-likeness (QED) is 0.707. The van der Waals surface area contributed by atoms with E-state index in [1.807, 2.05) is 42.4 Å². The largest absolute Gasteiger partial charge is 0.497 e. The lowest BCUT2D eigenvalue weighted by molar-refractivity contribution is 0.367. The van der Waals surface area contributed by atoms with Gasteiger partial charge >= 0.3 is 0 Å². The van der Waals surface area contributed by atoms with Crippen molar-refractivity contribution in [1.82, 2.24) is 20.3 Å². The molecule has 1 aliphatic heterocycles. The van der Waals surface area contributed by atoms with Gasteiger partial charge in [-0.15, -0.1) is 0 Å². The van der Waals surface area contributed by atoms with Crippen LogP contribution in [0, 0.1) is 0 Å². The number of methoxy groups -OCH3 is 1. The van der Waals surface area contributed by atoms with Gasteiger partial charge in [0.05, 0.1) is 29.9 Å². The first-order valence-electron chi connectivity index (χ1n) is 8.63. The van der Waals surface area contributed by atoms with Gasteiger partial charge in [-0.2, -0.15) is 5.10 Å². The molecule has 0 aliphatic carbocycles. The van der Waals surface area contributed by atoms with E-state index in [0.717, 1.165) is 40.0 Å². The summed E-state index contributed by atoms with van der Waals surface area (Å²) in [6.07, 6.45) is 4.14. The molecular weight excluding hydrogens is 358 g/mol. The van der Waals surface area contributed by atoms with Gasteiger partial charge in [0.25, 0.3) is 0 Å². The van der Waals surface area contributed by atoms with Crippen molar-refractivity contribution in [1.29, 1.82) is 0 Å². The van der Waals surface area contributed by atoms with Gasteiger partial charge in [-0.3, -0.25) is 9.97 Å². The fourth-order valence-corrected chi connectivity index (χ4v) is 3.40. The van der Waals surface area contributed by atoms with Crippen LogP contribution in [0.5, 0.6) is 5.75 Å². The van der Waals surface area contributed by atoms with Crippen LogP contribution in [0.1, 0.15) is 23.6 Å². The van der Waals surface area contributed by atoms with Gasteiger partial charge in [-0.05, 0) is 42.0 Å². The van der Waals surface area contributed by atoms with Gasteiger partial charge in [0, 0.05) is 31.4 Å². The van der Waals surface area contributed by atoms with Crippen molar-refractivity contribution in [3.63, 3.8) is 0 Å². The maximum absolute atomic E-state index is 5.49. The summed E-state index contributed by atoms with van der Waals surface area (Å²) >= 11 is 5.49. The maximum atomic E-state index is 5.49. The van der Waals surface area contributed by atoms with Gasteiger partial charge in [0.15, 0.2) is 5.11 Å². The van der Waals surface area contributed by atoms with Crippen molar-refractivity contribution in [3.8, 4) is 5.75 Å². The Morgan fingerprint density at radius 1 is 1.15 bits per heavy atom.